The van der Waals surface area contributed by atoms with Crippen molar-refractivity contribution >= 4 is 28.6 Å². The molecular weight excluding hydrogens is 406 g/mol. The molecule has 0 fully saturated rings. The second-order valence-electron chi connectivity index (χ2n) is 8.51. The summed E-state index contributed by atoms with van der Waals surface area (Å²) < 4.78 is 10.2. The molecule has 6 heteroatoms. The highest BCUT2D eigenvalue weighted by Crippen LogP contribution is 2.17. The number of amides is 1. The zero-order chi connectivity index (χ0) is 23.3. The molecule has 3 rings (SSSR count). The van der Waals surface area contributed by atoms with Crippen LogP contribution in [0.3, 0.4) is 0 Å². The summed E-state index contributed by atoms with van der Waals surface area (Å²) in [5.74, 6) is -1.33. The van der Waals surface area contributed by atoms with Crippen LogP contribution in [0.2, 0.25) is 0 Å². The van der Waals surface area contributed by atoms with Gasteiger partial charge in [-0.05, 0) is 61.4 Å². The molecule has 32 heavy (non-hydrogen) atoms. The second-order valence-corrected chi connectivity index (χ2v) is 8.51. The Morgan fingerprint density at radius 1 is 0.875 bits per heavy atom. The molecule has 0 unspecified atom stereocenters. The Morgan fingerprint density at radius 2 is 1.50 bits per heavy atom. The average molecular weight is 434 g/mol. The van der Waals surface area contributed by atoms with E-state index < -0.39 is 23.6 Å². The van der Waals surface area contributed by atoms with Gasteiger partial charge in [0.15, 0.2) is 0 Å². The number of nitrogens with one attached hydrogen (secondary N) is 1. The van der Waals surface area contributed by atoms with Crippen molar-refractivity contribution in [2.24, 2.45) is 0 Å². The van der Waals surface area contributed by atoms with Gasteiger partial charge in [0.1, 0.15) is 11.6 Å². The number of carbonyl (C=O) groups is 3. The van der Waals surface area contributed by atoms with E-state index in [4.69, 9.17) is 9.47 Å². The standard InChI is InChI=1S/C26H27NO5/c1-26(2,3)32-24(29)19-11-9-17(10-12-19)15-22(25(30)31-4)27-23(28)21-14-13-18-7-5-6-8-20(18)16-21/h5-14,16,22H,15H2,1-4H3,(H,27,28)/t22-/m1/s1. The number of hydrogen-bond donors (Lipinski definition) is 1. The Balaban J connectivity index is 1.73. The molecule has 0 aliphatic heterocycles. The lowest BCUT2D eigenvalue weighted by molar-refractivity contribution is -0.142. The van der Waals surface area contributed by atoms with E-state index in [1.165, 1.54) is 7.11 Å². The summed E-state index contributed by atoms with van der Waals surface area (Å²) in [4.78, 5) is 37.3. The van der Waals surface area contributed by atoms with Crippen LogP contribution in [-0.2, 0) is 20.7 Å². The molecular formula is C26H27NO5. The van der Waals surface area contributed by atoms with Crippen LogP contribution in [-0.4, -0.2) is 36.6 Å². The Labute approximate surface area is 187 Å². The van der Waals surface area contributed by atoms with Gasteiger partial charge in [-0.2, -0.15) is 0 Å². The summed E-state index contributed by atoms with van der Waals surface area (Å²) in [6.45, 7) is 5.41. The molecule has 0 aliphatic rings. The van der Waals surface area contributed by atoms with Crippen LogP contribution in [0.1, 0.15) is 47.1 Å². The van der Waals surface area contributed by atoms with Crippen LogP contribution >= 0.6 is 0 Å². The third-order valence-corrected chi connectivity index (χ3v) is 4.83. The largest absolute Gasteiger partial charge is 0.467 e. The molecule has 0 heterocycles. The number of rotatable bonds is 6. The molecule has 166 valence electrons. The minimum absolute atomic E-state index is 0.223. The molecule has 0 radical (unpaired) electrons. The normalized spacial score (nSPS) is 12.1. The van der Waals surface area contributed by atoms with Gasteiger partial charge in [0.25, 0.3) is 5.91 Å². The number of esters is 2. The number of methoxy groups -OCH3 is 1. The minimum Gasteiger partial charge on any atom is -0.467 e. The van der Waals surface area contributed by atoms with E-state index in [0.29, 0.717) is 11.1 Å². The molecule has 6 nitrogen and oxygen atoms in total. The SMILES string of the molecule is COC(=O)[C@@H](Cc1ccc(C(=O)OC(C)(C)C)cc1)NC(=O)c1ccc2ccccc2c1. The predicted molar refractivity (Wildman–Crippen MR) is 123 cm³/mol. The van der Waals surface area contributed by atoms with Crippen molar-refractivity contribution in [1.82, 2.24) is 5.32 Å². The smallest absolute Gasteiger partial charge is 0.338 e. The second kappa shape index (κ2) is 9.64. The highest BCUT2D eigenvalue weighted by atomic mass is 16.6. The quantitative estimate of drug-likeness (QED) is 0.586. The van der Waals surface area contributed by atoms with Crippen molar-refractivity contribution in [2.75, 3.05) is 7.11 Å². The van der Waals surface area contributed by atoms with Crippen molar-refractivity contribution in [1.29, 1.82) is 0 Å². The van der Waals surface area contributed by atoms with Crippen LogP contribution in [0.15, 0.2) is 66.7 Å². The Kier molecular flexibility index (Phi) is 6.93. The van der Waals surface area contributed by atoms with Gasteiger partial charge in [-0.25, -0.2) is 9.59 Å². The molecule has 0 bridgehead atoms. The van der Waals surface area contributed by atoms with Gasteiger partial charge in [-0.3, -0.25) is 4.79 Å². The fraction of sp³-hybridized carbons (Fsp3) is 0.269. The van der Waals surface area contributed by atoms with Crippen molar-refractivity contribution < 1.29 is 23.9 Å². The van der Waals surface area contributed by atoms with Crippen molar-refractivity contribution in [3.8, 4) is 0 Å². The molecule has 1 N–H and O–H groups in total. The van der Waals surface area contributed by atoms with E-state index in [-0.39, 0.29) is 12.3 Å². The Morgan fingerprint density at radius 3 is 2.12 bits per heavy atom. The monoisotopic (exact) mass is 433 g/mol. The summed E-state index contributed by atoms with van der Waals surface area (Å²) >= 11 is 0. The first-order valence-corrected chi connectivity index (χ1v) is 10.4. The zero-order valence-corrected chi connectivity index (χ0v) is 18.7. The summed E-state index contributed by atoms with van der Waals surface area (Å²) in [6, 6.07) is 19.0. The summed E-state index contributed by atoms with van der Waals surface area (Å²) in [6.07, 6.45) is 0.223. The molecule has 0 saturated heterocycles. The summed E-state index contributed by atoms with van der Waals surface area (Å²) in [5, 5.41) is 4.72. The topological polar surface area (TPSA) is 81.7 Å². The van der Waals surface area contributed by atoms with Gasteiger partial charge in [0.05, 0.1) is 12.7 Å². The van der Waals surface area contributed by atoms with Crippen LogP contribution in [0.5, 0.6) is 0 Å². The highest BCUT2D eigenvalue weighted by molar-refractivity contribution is 6.00. The molecule has 1 atom stereocenters. The lowest BCUT2D eigenvalue weighted by Gasteiger charge is -2.20. The van der Waals surface area contributed by atoms with E-state index in [2.05, 4.69) is 5.32 Å². The van der Waals surface area contributed by atoms with Gasteiger partial charge in [-0.15, -0.1) is 0 Å². The third-order valence-electron chi connectivity index (χ3n) is 4.83. The Bertz CT molecular complexity index is 1130. The molecule has 3 aromatic carbocycles. The molecule has 0 saturated carbocycles. The number of ether oxygens (including phenoxy) is 2. The average Bonchev–Trinajstić information content (AvgIpc) is 2.77. The van der Waals surface area contributed by atoms with Gasteiger partial charge >= 0.3 is 11.9 Å². The van der Waals surface area contributed by atoms with E-state index in [9.17, 15) is 14.4 Å². The maximum atomic E-state index is 12.8. The van der Waals surface area contributed by atoms with Gasteiger partial charge in [0, 0.05) is 12.0 Å². The molecule has 0 spiro atoms. The van der Waals surface area contributed by atoms with Gasteiger partial charge in [0.2, 0.25) is 0 Å². The molecule has 0 aliphatic carbocycles. The first kappa shape index (κ1) is 23.0. The first-order chi connectivity index (χ1) is 15.2. The van der Waals surface area contributed by atoms with Crippen molar-refractivity contribution in [3.05, 3.63) is 83.4 Å². The van der Waals surface area contributed by atoms with Gasteiger partial charge < -0.3 is 14.8 Å². The molecule has 3 aromatic rings. The molecule has 1 amide bonds. The zero-order valence-electron chi connectivity index (χ0n) is 18.7. The number of carbonyl (C=O) groups excluding carboxylic acids is 3. The number of hydrogen-bond acceptors (Lipinski definition) is 5. The number of benzene rings is 3. The maximum absolute atomic E-state index is 12.8. The van der Waals surface area contributed by atoms with E-state index in [1.807, 2.05) is 30.3 Å². The highest BCUT2D eigenvalue weighted by Gasteiger charge is 2.23. The van der Waals surface area contributed by atoms with Crippen molar-refractivity contribution in [3.63, 3.8) is 0 Å². The lowest BCUT2D eigenvalue weighted by atomic mass is 10.0. The maximum Gasteiger partial charge on any atom is 0.338 e. The fourth-order valence-corrected chi connectivity index (χ4v) is 3.26. The van der Waals surface area contributed by atoms with Crippen LogP contribution in [0.25, 0.3) is 10.8 Å². The summed E-state index contributed by atoms with van der Waals surface area (Å²) in [5.41, 5.74) is 1.06. The number of fused-ring (bicyclic) bond motifs is 1. The van der Waals surface area contributed by atoms with Crippen LogP contribution in [0, 0.1) is 0 Å². The Hall–Kier alpha value is -3.67. The van der Waals surface area contributed by atoms with Crippen LogP contribution < -0.4 is 5.32 Å². The van der Waals surface area contributed by atoms with E-state index >= 15 is 0 Å². The molecule has 0 aromatic heterocycles. The lowest BCUT2D eigenvalue weighted by Crippen LogP contribution is -2.43. The third kappa shape index (κ3) is 5.94. The van der Waals surface area contributed by atoms with E-state index in [1.54, 1.807) is 57.2 Å². The van der Waals surface area contributed by atoms with Crippen LogP contribution in [0.4, 0.5) is 0 Å². The van der Waals surface area contributed by atoms with Gasteiger partial charge in [-0.1, -0.05) is 42.5 Å². The fourth-order valence-electron chi connectivity index (χ4n) is 3.26. The first-order valence-electron chi connectivity index (χ1n) is 10.4. The minimum atomic E-state index is -0.869. The summed E-state index contributed by atoms with van der Waals surface area (Å²) in [7, 11) is 1.28. The van der Waals surface area contributed by atoms with Crippen molar-refractivity contribution in [2.45, 2.75) is 38.8 Å². The van der Waals surface area contributed by atoms with E-state index in [0.717, 1.165) is 16.3 Å². The predicted octanol–water partition coefficient (Wildman–Crippen LogP) is 4.31.